The standard InChI is InChI=1S/C11H20OS/c1-7(2)10-8-3-4-11(10,6-13)9(12)5-8/h7-10,12-13H,3-6H2,1-2H3. The third kappa shape index (κ3) is 1.18. The summed E-state index contributed by atoms with van der Waals surface area (Å²) < 4.78 is 0. The molecule has 4 unspecified atom stereocenters. The maximum absolute atomic E-state index is 10.0. The van der Waals surface area contributed by atoms with E-state index in [1.165, 1.54) is 12.8 Å². The first-order valence-corrected chi connectivity index (χ1v) is 6.04. The van der Waals surface area contributed by atoms with E-state index in [1.807, 2.05) is 0 Å². The molecule has 0 amide bonds. The molecule has 1 N–H and O–H groups in total. The minimum Gasteiger partial charge on any atom is -0.392 e. The molecule has 2 fully saturated rings. The number of aliphatic hydroxyl groups excluding tert-OH is 1. The monoisotopic (exact) mass is 200 g/mol. The molecule has 0 radical (unpaired) electrons. The van der Waals surface area contributed by atoms with Gasteiger partial charge in [0.25, 0.3) is 0 Å². The van der Waals surface area contributed by atoms with E-state index in [-0.39, 0.29) is 11.5 Å². The van der Waals surface area contributed by atoms with E-state index < -0.39 is 0 Å². The van der Waals surface area contributed by atoms with E-state index >= 15 is 0 Å². The highest BCUT2D eigenvalue weighted by atomic mass is 32.1. The highest BCUT2D eigenvalue weighted by molar-refractivity contribution is 7.80. The number of aliphatic hydroxyl groups is 1. The first-order valence-electron chi connectivity index (χ1n) is 5.40. The lowest BCUT2D eigenvalue weighted by Gasteiger charge is -2.35. The average Bonchev–Trinajstić information content (AvgIpc) is 2.56. The van der Waals surface area contributed by atoms with Gasteiger partial charge in [-0.3, -0.25) is 0 Å². The lowest BCUT2D eigenvalue weighted by atomic mass is 9.74. The molecule has 2 aliphatic carbocycles. The Morgan fingerprint density at radius 2 is 2.23 bits per heavy atom. The molecule has 0 heterocycles. The lowest BCUT2D eigenvalue weighted by Crippen LogP contribution is -2.37. The van der Waals surface area contributed by atoms with Crippen LogP contribution in [0.3, 0.4) is 0 Å². The SMILES string of the molecule is CC(C)C1C2CCC1(CS)C(O)C2. The molecule has 2 bridgehead atoms. The normalized spacial score (nSPS) is 49.2. The molecule has 13 heavy (non-hydrogen) atoms. The molecule has 0 saturated heterocycles. The fourth-order valence-electron chi connectivity index (χ4n) is 3.94. The van der Waals surface area contributed by atoms with Crippen molar-refractivity contribution in [2.45, 2.75) is 39.2 Å². The van der Waals surface area contributed by atoms with Gasteiger partial charge < -0.3 is 5.11 Å². The highest BCUT2D eigenvalue weighted by Gasteiger charge is 2.58. The van der Waals surface area contributed by atoms with Gasteiger partial charge in [-0.15, -0.1) is 0 Å². The zero-order chi connectivity index (χ0) is 9.64. The van der Waals surface area contributed by atoms with Gasteiger partial charge in [0, 0.05) is 5.41 Å². The van der Waals surface area contributed by atoms with Gasteiger partial charge in [-0.1, -0.05) is 13.8 Å². The van der Waals surface area contributed by atoms with Crippen molar-refractivity contribution in [3.63, 3.8) is 0 Å². The number of thiol groups is 1. The number of fused-ring (bicyclic) bond motifs is 2. The second kappa shape index (κ2) is 3.16. The summed E-state index contributed by atoms with van der Waals surface area (Å²) in [4.78, 5) is 0. The second-order valence-corrected chi connectivity index (χ2v) is 5.53. The summed E-state index contributed by atoms with van der Waals surface area (Å²) in [6, 6.07) is 0. The molecule has 0 aromatic carbocycles. The summed E-state index contributed by atoms with van der Waals surface area (Å²) in [6.45, 7) is 4.58. The quantitative estimate of drug-likeness (QED) is 0.656. The zero-order valence-corrected chi connectivity index (χ0v) is 9.43. The Labute approximate surface area is 86.3 Å². The summed E-state index contributed by atoms with van der Waals surface area (Å²) in [5.41, 5.74) is 0.169. The van der Waals surface area contributed by atoms with E-state index in [0.717, 1.165) is 24.0 Å². The predicted molar refractivity (Wildman–Crippen MR) is 58.0 cm³/mol. The summed E-state index contributed by atoms with van der Waals surface area (Å²) in [5, 5.41) is 10.0. The average molecular weight is 200 g/mol. The molecule has 0 aromatic rings. The number of rotatable bonds is 2. The van der Waals surface area contributed by atoms with Crippen molar-refractivity contribution in [3.8, 4) is 0 Å². The Morgan fingerprint density at radius 1 is 1.54 bits per heavy atom. The first-order chi connectivity index (χ1) is 6.12. The molecule has 2 heteroatoms. The van der Waals surface area contributed by atoms with Gasteiger partial charge in [0.15, 0.2) is 0 Å². The Balaban J connectivity index is 2.28. The fourth-order valence-corrected chi connectivity index (χ4v) is 4.52. The number of hydrogen-bond donors (Lipinski definition) is 2. The third-order valence-electron chi connectivity index (χ3n) is 4.35. The van der Waals surface area contributed by atoms with Crippen LogP contribution in [0.4, 0.5) is 0 Å². The van der Waals surface area contributed by atoms with Crippen molar-refractivity contribution in [2.75, 3.05) is 5.75 Å². The van der Waals surface area contributed by atoms with Crippen LogP contribution in [0.25, 0.3) is 0 Å². The van der Waals surface area contributed by atoms with Gasteiger partial charge in [0.1, 0.15) is 0 Å². The number of hydrogen-bond acceptors (Lipinski definition) is 2. The Morgan fingerprint density at radius 3 is 2.62 bits per heavy atom. The van der Waals surface area contributed by atoms with Gasteiger partial charge in [0.05, 0.1) is 6.10 Å². The molecule has 0 aliphatic heterocycles. The van der Waals surface area contributed by atoms with Gasteiger partial charge in [0.2, 0.25) is 0 Å². The van der Waals surface area contributed by atoms with Crippen LogP contribution in [-0.4, -0.2) is 17.0 Å². The Kier molecular flexibility index (Phi) is 2.40. The van der Waals surface area contributed by atoms with Gasteiger partial charge in [-0.25, -0.2) is 0 Å². The molecule has 2 rings (SSSR count). The summed E-state index contributed by atoms with van der Waals surface area (Å²) in [7, 11) is 0. The van der Waals surface area contributed by atoms with E-state index in [9.17, 15) is 5.11 Å². The molecule has 1 nitrogen and oxygen atoms in total. The molecule has 2 saturated carbocycles. The Bertz CT molecular complexity index is 204. The Hall–Kier alpha value is 0.310. The van der Waals surface area contributed by atoms with Crippen LogP contribution in [0.2, 0.25) is 0 Å². The molecule has 4 atom stereocenters. The van der Waals surface area contributed by atoms with Crippen molar-refractivity contribution in [3.05, 3.63) is 0 Å². The van der Waals surface area contributed by atoms with Crippen LogP contribution in [-0.2, 0) is 0 Å². The van der Waals surface area contributed by atoms with Crippen LogP contribution in [0.1, 0.15) is 33.1 Å². The molecule has 2 aliphatic rings. The minimum absolute atomic E-state index is 0.0730. The van der Waals surface area contributed by atoms with Gasteiger partial charge >= 0.3 is 0 Å². The van der Waals surface area contributed by atoms with E-state index in [0.29, 0.717) is 5.92 Å². The predicted octanol–water partition coefficient (Wildman–Crippen LogP) is 2.35. The topological polar surface area (TPSA) is 20.2 Å². The smallest absolute Gasteiger partial charge is 0.0609 e. The maximum atomic E-state index is 10.0. The van der Waals surface area contributed by atoms with Crippen molar-refractivity contribution in [1.29, 1.82) is 0 Å². The first kappa shape index (κ1) is 9.85. The summed E-state index contributed by atoms with van der Waals surface area (Å²) >= 11 is 4.46. The van der Waals surface area contributed by atoms with Crippen LogP contribution in [0.15, 0.2) is 0 Å². The molecule has 0 spiro atoms. The fraction of sp³-hybridized carbons (Fsp3) is 1.00. The van der Waals surface area contributed by atoms with Crippen molar-refractivity contribution >= 4 is 12.6 Å². The van der Waals surface area contributed by atoms with Crippen molar-refractivity contribution in [2.24, 2.45) is 23.2 Å². The summed E-state index contributed by atoms with van der Waals surface area (Å²) in [5.74, 6) is 3.08. The van der Waals surface area contributed by atoms with E-state index in [2.05, 4.69) is 26.5 Å². The van der Waals surface area contributed by atoms with Crippen LogP contribution >= 0.6 is 12.6 Å². The van der Waals surface area contributed by atoms with E-state index in [4.69, 9.17) is 0 Å². The highest BCUT2D eigenvalue weighted by Crippen LogP contribution is 2.61. The van der Waals surface area contributed by atoms with E-state index in [1.54, 1.807) is 0 Å². The third-order valence-corrected chi connectivity index (χ3v) is 4.94. The molecular formula is C11H20OS. The lowest BCUT2D eigenvalue weighted by molar-refractivity contribution is 0.0322. The molecular weight excluding hydrogens is 180 g/mol. The van der Waals surface area contributed by atoms with Crippen LogP contribution in [0.5, 0.6) is 0 Å². The largest absolute Gasteiger partial charge is 0.392 e. The minimum atomic E-state index is -0.0730. The summed E-state index contributed by atoms with van der Waals surface area (Å²) in [6.07, 6.45) is 3.48. The van der Waals surface area contributed by atoms with Crippen molar-refractivity contribution in [1.82, 2.24) is 0 Å². The molecule has 0 aromatic heterocycles. The van der Waals surface area contributed by atoms with Crippen LogP contribution in [0, 0.1) is 23.2 Å². The van der Waals surface area contributed by atoms with Crippen LogP contribution < -0.4 is 0 Å². The second-order valence-electron chi connectivity index (χ2n) is 5.21. The molecule has 76 valence electrons. The zero-order valence-electron chi connectivity index (χ0n) is 8.53. The van der Waals surface area contributed by atoms with Gasteiger partial charge in [-0.2, -0.15) is 12.6 Å². The van der Waals surface area contributed by atoms with Crippen molar-refractivity contribution < 1.29 is 5.11 Å². The van der Waals surface area contributed by atoms with Gasteiger partial charge in [-0.05, 0) is 42.8 Å². The maximum Gasteiger partial charge on any atom is 0.0609 e.